The minimum atomic E-state index is 0.484. The van der Waals surface area contributed by atoms with Gasteiger partial charge in [-0.3, -0.25) is 0 Å². The third-order valence-corrected chi connectivity index (χ3v) is 3.08. The molecule has 0 aliphatic carbocycles. The first-order valence-electron chi connectivity index (χ1n) is 3.15. The average Bonchev–Trinajstić information content (AvgIpc) is 2.14. The Kier molecular flexibility index (Phi) is 2.21. The minimum absolute atomic E-state index is 0.484. The Balaban J connectivity index is 3.05. The van der Waals surface area contributed by atoms with Gasteiger partial charge < -0.3 is 5.73 Å². The van der Waals surface area contributed by atoms with E-state index in [9.17, 15) is 0 Å². The lowest BCUT2D eigenvalue weighted by Gasteiger charge is -2.01. The maximum absolute atomic E-state index is 5.76. The summed E-state index contributed by atoms with van der Waals surface area (Å²) < 4.78 is 0. The van der Waals surface area contributed by atoms with E-state index in [2.05, 4.69) is 13.8 Å². The molecule has 2 N–H and O–H groups in total. The van der Waals surface area contributed by atoms with E-state index in [0.29, 0.717) is 10.9 Å². The Labute approximate surface area is 69.8 Å². The molecule has 0 aliphatic heterocycles. The van der Waals surface area contributed by atoms with Crippen LogP contribution in [0.15, 0.2) is 5.38 Å². The molecule has 1 aromatic rings. The van der Waals surface area contributed by atoms with Gasteiger partial charge in [-0.1, -0.05) is 25.4 Å². The molecule has 0 atom stereocenters. The van der Waals surface area contributed by atoms with Crippen LogP contribution in [0.3, 0.4) is 0 Å². The van der Waals surface area contributed by atoms with E-state index in [1.165, 1.54) is 4.88 Å². The lowest BCUT2D eigenvalue weighted by Crippen LogP contribution is -1.90. The first kappa shape index (κ1) is 7.89. The van der Waals surface area contributed by atoms with Crippen molar-refractivity contribution in [2.75, 3.05) is 5.73 Å². The Morgan fingerprint density at radius 2 is 2.20 bits per heavy atom. The smallest absolute Gasteiger partial charge is 0.0745 e. The molecule has 0 bridgehead atoms. The lowest BCUT2D eigenvalue weighted by molar-refractivity contribution is 0.892. The van der Waals surface area contributed by atoms with Gasteiger partial charge in [0.05, 0.1) is 10.7 Å². The van der Waals surface area contributed by atoms with Crippen molar-refractivity contribution in [3.63, 3.8) is 0 Å². The number of nitrogens with two attached hydrogens (primary N) is 1. The highest BCUT2D eigenvalue weighted by Crippen LogP contribution is 2.34. The molecule has 0 saturated heterocycles. The summed E-state index contributed by atoms with van der Waals surface area (Å²) >= 11 is 7.39. The summed E-state index contributed by atoms with van der Waals surface area (Å²) in [5, 5.41) is 2.57. The molecule has 1 rings (SSSR count). The molecule has 10 heavy (non-hydrogen) atoms. The Bertz CT molecular complexity index is 230. The number of thiophene rings is 1. The highest BCUT2D eigenvalue weighted by molar-refractivity contribution is 7.11. The molecule has 56 valence electrons. The number of anilines is 1. The van der Waals surface area contributed by atoms with Gasteiger partial charge in [-0.25, -0.2) is 0 Å². The zero-order chi connectivity index (χ0) is 7.72. The Morgan fingerprint density at radius 3 is 2.40 bits per heavy atom. The summed E-state index contributed by atoms with van der Waals surface area (Å²) in [6, 6.07) is 0. The second-order valence-electron chi connectivity index (χ2n) is 2.52. The van der Waals surface area contributed by atoms with Crippen molar-refractivity contribution in [1.29, 1.82) is 0 Å². The van der Waals surface area contributed by atoms with Gasteiger partial charge in [0.2, 0.25) is 0 Å². The van der Waals surface area contributed by atoms with Crippen LogP contribution in [-0.4, -0.2) is 0 Å². The van der Waals surface area contributed by atoms with E-state index in [4.69, 9.17) is 17.3 Å². The largest absolute Gasteiger partial charge is 0.397 e. The van der Waals surface area contributed by atoms with E-state index in [1.54, 1.807) is 11.3 Å². The highest BCUT2D eigenvalue weighted by atomic mass is 35.5. The molecule has 0 spiro atoms. The topological polar surface area (TPSA) is 26.0 Å². The fourth-order valence-electron chi connectivity index (χ4n) is 0.807. The molecule has 3 heteroatoms. The van der Waals surface area contributed by atoms with Crippen LogP contribution in [-0.2, 0) is 0 Å². The van der Waals surface area contributed by atoms with E-state index in [1.807, 2.05) is 5.38 Å². The Hall–Kier alpha value is -0.210. The molecule has 1 heterocycles. The number of nitrogen functional groups attached to an aromatic ring is 1. The van der Waals surface area contributed by atoms with Crippen LogP contribution in [0.25, 0.3) is 0 Å². The second-order valence-corrected chi connectivity index (χ2v) is 3.83. The summed E-state index contributed by atoms with van der Waals surface area (Å²) in [5.74, 6) is 0.484. The normalized spacial score (nSPS) is 10.8. The molecule has 1 aromatic heterocycles. The van der Waals surface area contributed by atoms with Crippen molar-refractivity contribution < 1.29 is 0 Å². The van der Waals surface area contributed by atoms with Gasteiger partial charge >= 0.3 is 0 Å². The van der Waals surface area contributed by atoms with Gasteiger partial charge in [0, 0.05) is 10.3 Å². The first-order chi connectivity index (χ1) is 4.63. The summed E-state index contributed by atoms with van der Waals surface area (Å²) in [4.78, 5) is 1.19. The van der Waals surface area contributed by atoms with Crippen LogP contribution in [0.2, 0.25) is 5.02 Å². The van der Waals surface area contributed by atoms with Crippen molar-refractivity contribution in [3.05, 3.63) is 15.3 Å². The van der Waals surface area contributed by atoms with Crippen molar-refractivity contribution in [1.82, 2.24) is 0 Å². The zero-order valence-electron chi connectivity index (χ0n) is 6.02. The van der Waals surface area contributed by atoms with Gasteiger partial charge in [0.25, 0.3) is 0 Å². The molecule has 0 aromatic carbocycles. The third kappa shape index (κ3) is 1.27. The van der Waals surface area contributed by atoms with Crippen LogP contribution < -0.4 is 5.73 Å². The monoisotopic (exact) mass is 175 g/mol. The van der Waals surface area contributed by atoms with Crippen LogP contribution in [0, 0.1) is 0 Å². The van der Waals surface area contributed by atoms with Gasteiger partial charge in [0.15, 0.2) is 0 Å². The summed E-state index contributed by atoms with van der Waals surface area (Å²) in [6.45, 7) is 4.22. The van der Waals surface area contributed by atoms with Gasteiger partial charge in [0.1, 0.15) is 0 Å². The molecule has 0 amide bonds. The molecule has 1 nitrogen and oxygen atoms in total. The van der Waals surface area contributed by atoms with E-state index in [0.717, 1.165) is 5.69 Å². The summed E-state index contributed by atoms with van der Waals surface area (Å²) in [7, 11) is 0. The van der Waals surface area contributed by atoms with Gasteiger partial charge in [-0.2, -0.15) is 0 Å². The molecule has 0 unspecified atom stereocenters. The standard InChI is InChI=1S/C7H10ClNS/c1-4(2)7-6(9)5(8)3-10-7/h3-4H,9H2,1-2H3. The fourth-order valence-corrected chi connectivity index (χ4v) is 1.96. The second kappa shape index (κ2) is 2.81. The summed E-state index contributed by atoms with van der Waals surface area (Å²) in [6.07, 6.45) is 0. The van der Waals surface area contributed by atoms with Gasteiger partial charge in [-0.05, 0) is 5.92 Å². The highest BCUT2D eigenvalue weighted by Gasteiger charge is 2.08. The summed E-state index contributed by atoms with van der Waals surface area (Å²) in [5.41, 5.74) is 6.43. The predicted octanol–water partition coefficient (Wildman–Crippen LogP) is 3.11. The maximum Gasteiger partial charge on any atom is 0.0745 e. The average molecular weight is 176 g/mol. The molecule has 0 saturated carbocycles. The van der Waals surface area contributed by atoms with Crippen LogP contribution >= 0.6 is 22.9 Å². The van der Waals surface area contributed by atoms with Crippen LogP contribution in [0.5, 0.6) is 0 Å². The van der Waals surface area contributed by atoms with Gasteiger partial charge in [-0.15, -0.1) is 11.3 Å². The fraction of sp³-hybridized carbons (Fsp3) is 0.429. The van der Waals surface area contributed by atoms with Crippen LogP contribution in [0.4, 0.5) is 5.69 Å². The predicted molar refractivity (Wildman–Crippen MR) is 47.8 cm³/mol. The number of halogens is 1. The molecule has 0 radical (unpaired) electrons. The molecular formula is C7H10ClNS. The maximum atomic E-state index is 5.76. The van der Waals surface area contributed by atoms with E-state index >= 15 is 0 Å². The number of hydrogen-bond acceptors (Lipinski definition) is 2. The number of rotatable bonds is 1. The molecule has 0 aliphatic rings. The quantitative estimate of drug-likeness (QED) is 0.698. The van der Waals surface area contributed by atoms with Crippen molar-refractivity contribution in [3.8, 4) is 0 Å². The minimum Gasteiger partial charge on any atom is -0.397 e. The zero-order valence-corrected chi connectivity index (χ0v) is 7.59. The van der Waals surface area contributed by atoms with Crippen molar-refractivity contribution in [2.45, 2.75) is 19.8 Å². The third-order valence-electron chi connectivity index (χ3n) is 1.34. The Morgan fingerprint density at radius 1 is 1.60 bits per heavy atom. The molecule has 0 fully saturated rings. The van der Waals surface area contributed by atoms with Crippen molar-refractivity contribution in [2.24, 2.45) is 0 Å². The van der Waals surface area contributed by atoms with Crippen molar-refractivity contribution >= 4 is 28.6 Å². The van der Waals surface area contributed by atoms with Crippen LogP contribution in [0.1, 0.15) is 24.6 Å². The number of hydrogen-bond donors (Lipinski definition) is 1. The van der Waals surface area contributed by atoms with E-state index < -0.39 is 0 Å². The SMILES string of the molecule is CC(C)c1scc(Cl)c1N. The first-order valence-corrected chi connectivity index (χ1v) is 4.41. The van der Waals surface area contributed by atoms with E-state index in [-0.39, 0.29) is 0 Å². The lowest BCUT2D eigenvalue weighted by atomic mass is 10.1. The molecular weight excluding hydrogens is 166 g/mol.